The van der Waals surface area contributed by atoms with Gasteiger partial charge in [-0.1, -0.05) is 29.8 Å². The van der Waals surface area contributed by atoms with E-state index in [0.29, 0.717) is 26.5 Å². The van der Waals surface area contributed by atoms with Gasteiger partial charge in [0.15, 0.2) is 10.6 Å². The van der Waals surface area contributed by atoms with E-state index in [2.05, 4.69) is 40.0 Å². The van der Waals surface area contributed by atoms with E-state index in [4.69, 9.17) is 12.2 Å². The van der Waals surface area contributed by atoms with Gasteiger partial charge in [-0.3, -0.25) is 9.67 Å². The van der Waals surface area contributed by atoms with Crippen molar-refractivity contribution in [3.63, 3.8) is 0 Å². The standard InChI is InChI=1S/C12H13BrFN3S/c1-7(2)6-17-11(15-16-12(17)18)8-3-9(13)5-10(14)4-8/h3-5,7H,6H2,1-2H3,(H,16,18). The molecule has 1 N–H and O–H groups in total. The Labute approximate surface area is 118 Å². The van der Waals surface area contributed by atoms with Crippen LogP contribution in [0.25, 0.3) is 11.4 Å². The molecular weight excluding hydrogens is 317 g/mol. The highest BCUT2D eigenvalue weighted by Gasteiger charge is 2.11. The quantitative estimate of drug-likeness (QED) is 0.857. The third-order valence-electron chi connectivity index (χ3n) is 2.43. The first-order chi connectivity index (χ1) is 8.47. The lowest BCUT2D eigenvalue weighted by Gasteiger charge is -2.09. The third kappa shape index (κ3) is 2.87. The second kappa shape index (κ2) is 5.32. The number of hydrogen-bond acceptors (Lipinski definition) is 2. The largest absolute Gasteiger partial charge is 0.300 e. The molecule has 0 amide bonds. The van der Waals surface area contributed by atoms with Gasteiger partial charge in [-0.15, -0.1) is 0 Å². The van der Waals surface area contributed by atoms with Crippen LogP contribution in [0.2, 0.25) is 0 Å². The first-order valence-electron chi connectivity index (χ1n) is 5.59. The minimum Gasteiger partial charge on any atom is -0.300 e. The predicted molar refractivity (Wildman–Crippen MR) is 75.3 cm³/mol. The molecule has 0 bridgehead atoms. The molecule has 1 heterocycles. The van der Waals surface area contributed by atoms with Crippen molar-refractivity contribution >= 4 is 28.1 Å². The molecule has 3 nitrogen and oxygen atoms in total. The molecule has 1 aromatic carbocycles. The van der Waals surface area contributed by atoms with Crippen LogP contribution in [0.5, 0.6) is 0 Å². The summed E-state index contributed by atoms with van der Waals surface area (Å²) in [6.07, 6.45) is 0. The first kappa shape index (κ1) is 13.4. The Morgan fingerprint density at radius 1 is 1.44 bits per heavy atom. The van der Waals surface area contributed by atoms with Gasteiger partial charge in [-0.05, 0) is 36.3 Å². The van der Waals surface area contributed by atoms with Crippen LogP contribution in [0.4, 0.5) is 4.39 Å². The van der Waals surface area contributed by atoms with Crippen molar-refractivity contribution in [2.24, 2.45) is 5.92 Å². The molecule has 0 saturated heterocycles. The number of benzene rings is 1. The zero-order chi connectivity index (χ0) is 13.3. The molecule has 18 heavy (non-hydrogen) atoms. The average molecular weight is 330 g/mol. The summed E-state index contributed by atoms with van der Waals surface area (Å²) in [4.78, 5) is 0. The lowest BCUT2D eigenvalue weighted by molar-refractivity contribution is 0.521. The Hall–Kier alpha value is -1.01. The monoisotopic (exact) mass is 329 g/mol. The molecule has 96 valence electrons. The second-order valence-corrected chi connectivity index (χ2v) is 5.82. The summed E-state index contributed by atoms with van der Waals surface area (Å²) in [5.41, 5.74) is 0.704. The van der Waals surface area contributed by atoms with Crippen LogP contribution in [-0.2, 0) is 6.54 Å². The van der Waals surface area contributed by atoms with E-state index < -0.39 is 0 Å². The van der Waals surface area contributed by atoms with Gasteiger partial charge in [0.05, 0.1) is 0 Å². The molecule has 0 aliphatic rings. The number of hydrogen-bond donors (Lipinski definition) is 1. The Morgan fingerprint density at radius 2 is 2.17 bits per heavy atom. The van der Waals surface area contributed by atoms with Gasteiger partial charge in [0.25, 0.3) is 0 Å². The number of nitrogens with zero attached hydrogens (tertiary/aromatic N) is 2. The van der Waals surface area contributed by atoms with Crippen molar-refractivity contribution in [1.29, 1.82) is 0 Å². The Balaban J connectivity index is 2.53. The third-order valence-corrected chi connectivity index (χ3v) is 3.20. The van der Waals surface area contributed by atoms with E-state index in [-0.39, 0.29) is 5.82 Å². The van der Waals surface area contributed by atoms with E-state index in [0.717, 1.165) is 6.54 Å². The fourth-order valence-corrected chi connectivity index (χ4v) is 2.43. The number of rotatable bonds is 3. The lowest BCUT2D eigenvalue weighted by atomic mass is 10.2. The smallest absolute Gasteiger partial charge is 0.195 e. The number of halogens is 2. The molecular formula is C12H13BrFN3S. The second-order valence-electron chi connectivity index (χ2n) is 4.51. The maximum Gasteiger partial charge on any atom is 0.195 e. The molecule has 0 saturated carbocycles. The zero-order valence-corrected chi connectivity index (χ0v) is 12.5. The highest BCUT2D eigenvalue weighted by Crippen LogP contribution is 2.24. The molecule has 0 atom stereocenters. The summed E-state index contributed by atoms with van der Waals surface area (Å²) in [5.74, 6) is 0.795. The maximum absolute atomic E-state index is 13.4. The van der Waals surface area contributed by atoms with Gasteiger partial charge in [-0.25, -0.2) is 4.39 Å². The Morgan fingerprint density at radius 3 is 2.78 bits per heavy atom. The van der Waals surface area contributed by atoms with Crippen molar-refractivity contribution in [3.05, 3.63) is 33.3 Å². The Kier molecular flexibility index (Phi) is 3.97. The molecule has 0 radical (unpaired) electrons. The molecule has 0 fully saturated rings. The van der Waals surface area contributed by atoms with E-state index >= 15 is 0 Å². The molecule has 2 aromatic rings. The zero-order valence-electron chi connectivity index (χ0n) is 10.1. The molecule has 2 rings (SSSR count). The van der Waals surface area contributed by atoms with Gasteiger partial charge in [0.2, 0.25) is 0 Å². The highest BCUT2D eigenvalue weighted by molar-refractivity contribution is 9.10. The van der Waals surface area contributed by atoms with Crippen LogP contribution in [0.15, 0.2) is 22.7 Å². The van der Waals surface area contributed by atoms with Crippen molar-refractivity contribution in [2.45, 2.75) is 20.4 Å². The molecule has 0 unspecified atom stereocenters. The average Bonchev–Trinajstić information content (AvgIpc) is 2.58. The summed E-state index contributed by atoms with van der Waals surface area (Å²) < 4.78 is 16.5. The van der Waals surface area contributed by atoms with E-state index in [1.807, 2.05) is 10.6 Å². The van der Waals surface area contributed by atoms with Crippen LogP contribution in [0, 0.1) is 16.5 Å². The van der Waals surface area contributed by atoms with E-state index in [1.54, 1.807) is 0 Å². The Bertz CT molecular complexity index is 598. The molecule has 0 spiro atoms. The number of nitrogens with one attached hydrogen (secondary N) is 1. The summed E-state index contributed by atoms with van der Waals surface area (Å²) in [6.45, 7) is 4.94. The molecule has 0 aliphatic carbocycles. The van der Waals surface area contributed by atoms with Crippen LogP contribution in [0.1, 0.15) is 13.8 Å². The summed E-state index contributed by atoms with van der Waals surface area (Å²) >= 11 is 8.48. The number of aromatic amines is 1. The molecule has 6 heteroatoms. The number of H-pyrrole nitrogens is 1. The minimum atomic E-state index is -0.301. The fraction of sp³-hybridized carbons (Fsp3) is 0.333. The number of aromatic nitrogens is 3. The van der Waals surface area contributed by atoms with Gasteiger partial charge in [0, 0.05) is 16.6 Å². The van der Waals surface area contributed by atoms with E-state index in [1.165, 1.54) is 12.1 Å². The van der Waals surface area contributed by atoms with Gasteiger partial charge in [0.1, 0.15) is 5.82 Å². The van der Waals surface area contributed by atoms with E-state index in [9.17, 15) is 4.39 Å². The summed E-state index contributed by atoms with van der Waals surface area (Å²) in [7, 11) is 0. The van der Waals surface area contributed by atoms with Crippen LogP contribution < -0.4 is 0 Å². The van der Waals surface area contributed by atoms with Crippen LogP contribution >= 0.6 is 28.1 Å². The minimum absolute atomic E-state index is 0.301. The van der Waals surface area contributed by atoms with Gasteiger partial charge >= 0.3 is 0 Å². The molecule has 1 aromatic heterocycles. The summed E-state index contributed by atoms with van der Waals surface area (Å²) in [6, 6.07) is 4.69. The highest BCUT2D eigenvalue weighted by atomic mass is 79.9. The predicted octanol–water partition coefficient (Wildman–Crippen LogP) is 4.17. The van der Waals surface area contributed by atoms with Crippen molar-refractivity contribution < 1.29 is 4.39 Å². The maximum atomic E-state index is 13.4. The van der Waals surface area contributed by atoms with Gasteiger partial charge in [-0.2, -0.15) is 5.10 Å². The van der Waals surface area contributed by atoms with Crippen molar-refractivity contribution in [2.75, 3.05) is 0 Å². The van der Waals surface area contributed by atoms with Gasteiger partial charge < -0.3 is 0 Å². The fourth-order valence-electron chi connectivity index (χ4n) is 1.76. The first-order valence-corrected chi connectivity index (χ1v) is 6.79. The summed E-state index contributed by atoms with van der Waals surface area (Å²) in [5, 5.41) is 6.94. The van der Waals surface area contributed by atoms with Crippen LogP contribution in [-0.4, -0.2) is 14.8 Å². The lowest BCUT2D eigenvalue weighted by Crippen LogP contribution is -2.06. The van der Waals surface area contributed by atoms with Crippen molar-refractivity contribution in [3.8, 4) is 11.4 Å². The normalized spacial score (nSPS) is 11.2. The molecule has 0 aliphatic heterocycles. The SMILES string of the molecule is CC(C)Cn1c(-c2cc(F)cc(Br)c2)n[nH]c1=S. The van der Waals surface area contributed by atoms with Crippen molar-refractivity contribution in [1.82, 2.24) is 14.8 Å². The topological polar surface area (TPSA) is 33.6 Å². The van der Waals surface area contributed by atoms with Crippen LogP contribution in [0.3, 0.4) is 0 Å².